The monoisotopic (exact) mass is 274 g/mol. The van der Waals surface area contributed by atoms with Gasteiger partial charge in [0.15, 0.2) is 0 Å². The van der Waals surface area contributed by atoms with Gasteiger partial charge in [0.05, 0.1) is 0 Å². The first-order valence-corrected chi connectivity index (χ1v) is 6.47. The van der Waals surface area contributed by atoms with Gasteiger partial charge in [-0.1, -0.05) is 35.5 Å². The normalized spacial score (nSPS) is 11.3. The van der Waals surface area contributed by atoms with Gasteiger partial charge in [0.25, 0.3) is 5.91 Å². The number of carbonyl (C=O) groups is 1. The largest absolute Gasteiger partial charge is 0.396 e. The van der Waals surface area contributed by atoms with Crippen LogP contribution < -0.4 is 5.32 Å². The summed E-state index contributed by atoms with van der Waals surface area (Å²) in [6.07, 6.45) is 0.471. The van der Waals surface area contributed by atoms with E-state index in [0.29, 0.717) is 12.1 Å². The van der Waals surface area contributed by atoms with Crippen LogP contribution in [0.3, 0.4) is 0 Å². The highest BCUT2D eigenvalue weighted by atomic mass is 16.5. The van der Waals surface area contributed by atoms with Crippen molar-refractivity contribution >= 4 is 5.91 Å². The van der Waals surface area contributed by atoms with Gasteiger partial charge in [0, 0.05) is 23.8 Å². The van der Waals surface area contributed by atoms with Crippen LogP contribution in [0.25, 0.3) is 11.3 Å². The Labute approximate surface area is 117 Å². The Morgan fingerprint density at radius 1 is 1.35 bits per heavy atom. The van der Waals surface area contributed by atoms with Crippen LogP contribution in [-0.4, -0.2) is 28.3 Å². The van der Waals surface area contributed by atoms with Crippen molar-refractivity contribution in [2.24, 2.45) is 0 Å². The van der Waals surface area contributed by atoms with E-state index in [4.69, 9.17) is 9.63 Å². The summed E-state index contributed by atoms with van der Waals surface area (Å²) in [5.41, 5.74) is 1.02. The third-order valence-electron chi connectivity index (χ3n) is 2.99. The fourth-order valence-electron chi connectivity index (χ4n) is 1.84. The number of aliphatic hydroxyl groups is 1. The zero-order valence-electron chi connectivity index (χ0n) is 11.6. The molecule has 0 spiro atoms. The fourth-order valence-corrected chi connectivity index (χ4v) is 1.84. The van der Waals surface area contributed by atoms with Crippen molar-refractivity contribution in [1.29, 1.82) is 0 Å². The first-order valence-electron chi connectivity index (χ1n) is 6.47. The number of hydrogen-bond donors (Lipinski definition) is 2. The van der Waals surface area contributed by atoms with Gasteiger partial charge in [0.2, 0.25) is 5.76 Å². The molecule has 106 valence electrons. The fraction of sp³-hybridized carbons (Fsp3) is 0.333. The third-order valence-corrected chi connectivity index (χ3v) is 2.99. The molecule has 1 aromatic carbocycles. The Bertz CT molecular complexity index is 576. The molecule has 0 fully saturated rings. The molecule has 0 radical (unpaired) electrons. The molecule has 2 rings (SSSR count). The van der Waals surface area contributed by atoms with E-state index in [9.17, 15) is 4.79 Å². The van der Waals surface area contributed by atoms with E-state index >= 15 is 0 Å². The average molecular weight is 274 g/mol. The lowest BCUT2D eigenvalue weighted by molar-refractivity contribution is 0.0862. The lowest BCUT2D eigenvalue weighted by atomic mass is 10.0. The van der Waals surface area contributed by atoms with E-state index < -0.39 is 5.54 Å². The van der Waals surface area contributed by atoms with Crippen LogP contribution in [0.15, 0.2) is 40.9 Å². The summed E-state index contributed by atoms with van der Waals surface area (Å²) in [6.45, 7) is 3.70. The maximum atomic E-state index is 12.1. The maximum absolute atomic E-state index is 12.1. The van der Waals surface area contributed by atoms with Crippen molar-refractivity contribution in [3.05, 3.63) is 42.2 Å². The van der Waals surface area contributed by atoms with Crippen LogP contribution in [0.2, 0.25) is 0 Å². The topological polar surface area (TPSA) is 75.4 Å². The van der Waals surface area contributed by atoms with Crippen LogP contribution in [0.5, 0.6) is 0 Å². The molecule has 0 atom stereocenters. The second-order valence-electron chi connectivity index (χ2n) is 5.25. The number of benzene rings is 1. The van der Waals surface area contributed by atoms with Gasteiger partial charge in [-0.05, 0) is 20.3 Å². The standard InChI is InChI=1S/C15H18N2O3/c1-15(2,8-9-18)16-14(19)13-10-12(17-20-13)11-6-4-3-5-7-11/h3-7,10,18H,8-9H2,1-2H3,(H,16,19). The summed E-state index contributed by atoms with van der Waals surface area (Å²) < 4.78 is 5.08. The van der Waals surface area contributed by atoms with Gasteiger partial charge in [-0.25, -0.2) is 0 Å². The van der Waals surface area contributed by atoms with Crippen LogP contribution in [0, 0.1) is 0 Å². The number of rotatable bonds is 5. The number of aliphatic hydroxyl groups excluding tert-OH is 1. The molecule has 0 unspecified atom stereocenters. The smallest absolute Gasteiger partial charge is 0.290 e. The highest BCUT2D eigenvalue weighted by molar-refractivity contribution is 5.92. The maximum Gasteiger partial charge on any atom is 0.290 e. The molecule has 0 saturated heterocycles. The van der Waals surface area contributed by atoms with E-state index in [0.717, 1.165) is 5.56 Å². The van der Waals surface area contributed by atoms with Crippen molar-refractivity contribution in [3.63, 3.8) is 0 Å². The molecular weight excluding hydrogens is 256 g/mol. The van der Waals surface area contributed by atoms with E-state index in [1.165, 1.54) is 0 Å². The van der Waals surface area contributed by atoms with Crippen LogP contribution in [0.1, 0.15) is 30.8 Å². The second kappa shape index (κ2) is 5.88. The lowest BCUT2D eigenvalue weighted by Gasteiger charge is -2.24. The van der Waals surface area contributed by atoms with E-state index in [1.807, 2.05) is 44.2 Å². The van der Waals surface area contributed by atoms with Gasteiger partial charge in [-0.15, -0.1) is 0 Å². The summed E-state index contributed by atoms with van der Waals surface area (Å²) in [5, 5.41) is 15.7. The number of hydrogen-bond acceptors (Lipinski definition) is 4. The number of aromatic nitrogens is 1. The van der Waals surface area contributed by atoms with Gasteiger partial charge in [-0.2, -0.15) is 0 Å². The second-order valence-corrected chi connectivity index (χ2v) is 5.25. The van der Waals surface area contributed by atoms with Crippen LogP contribution in [-0.2, 0) is 0 Å². The predicted octanol–water partition coefficient (Wildman–Crippen LogP) is 2.23. The van der Waals surface area contributed by atoms with Gasteiger partial charge < -0.3 is 14.9 Å². The third kappa shape index (κ3) is 3.45. The zero-order chi connectivity index (χ0) is 14.6. The highest BCUT2D eigenvalue weighted by Crippen LogP contribution is 2.19. The van der Waals surface area contributed by atoms with Gasteiger partial charge in [-0.3, -0.25) is 4.79 Å². The Morgan fingerprint density at radius 2 is 2.05 bits per heavy atom. The molecule has 5 heteroatoms. The molecule has 1 aromatic heterocycles. The Morgan fingerprint density at radius 3 is 2.70 bits per heavy atom. The Hall–Kier alpha value is -2.14. The van der Waals surface area contributed by atoms with Crippen molar-refractivity contribution in [1.82, 2.24) is 10.5 Å². The van der Waals surface area contributed by atoms with E-state index in [1.54, 1.807) is 6.07 Å². The molecule has 0 aliphatic heterocycles. The molecule has 2 N–H and O–H groups in total. The zero-order valence-corrected chi connectivity index (χ0v) is 11.6. The minimum absolute atomic E-state index is 0.0128. The molecule has 1 heterocycles. The summed E-state index contributed by atoms with van der Waals surface area (Å²) >= 11 is 0. The summed E-state index contributed by atoms with van der Waals surface area (Å²) in [5.74, 6) is -0.173. The SMILES string of the molecule is CC(C)(CCO)NC(=O)c1cc(-c2ccccc2)no1. The van der Waals surface area contributed by atoms with Crippen LogP contribution in [0.4, 0.5) is 0 Å². The summed E-state index contributed by atoms with van der Waals surface area (Å²) in [6, 6.07) is 11.1. The Balaban J connectivity index is 2.11. The number of nitrogens with zero attached hydrogens (tertiary/aromatic N) is 1. The van der Waals surface area contributed by atoms with Crippen LogP contribution >= 0.6 is 0 Å². The van der Waals surface area contributed by atoms with Gasteiger partial charge >= 0.3 is 0 Å². The molecule has 2 aromatic rings. The Kier molecular flexibility index (Phi) is 4.20. The number of amides is 1. The highest BCUT2D eigenvalue weighted by Gasteiger charge is 2.23. The van der Waals surface area contributed by atoms with Crippen molar-refractivity contribution in [2.75, 3.05) is 6.61 Å². The van der Waals surface area contributed by atoms with E-state index in [2.05, 4.69) is 10.5 Å². The van der Waals surface area contributed by atoms with Crippen molar-refractivity contribution in [2.45, 2.75) is 25.8 Å². The molecule has 20 heavy (non-hydrogen) atoms. The molecule has 0 aliphatic carbocycles. The van der Waals surface area contributed by atoms with E-state index in [-0.39, 0.29) is 18.3 Å². The summed E-state index contributed by atoms with van der Waals surface area (Å²) in [4.78, 5) is 12.1. The van der Waals surface area contributed by atoms with Crippen molar-refractivity contribution < 1.29 is 14.4 Å². The number of nitrogens with one attached hydrogen (secondary N) is 1. The number of carbonyl (C=O) groups excluding carboxylic acids is 1. The molecule has 0 bridgehead atoms. The predicted molar refractivity (Wildman–Crippen MR) is 75.2 cm³/mol. The average Bonchev–Trinajstić information content (AvgIpc) is 2.88. The molecule has 5 nitrogen and oxygen atoms in total. The molecule has 0 saturated carbocycles. The lowest BCUT2D eigenvalue weighted by Crippen LogP contribution is -2.43. The van der Waals surface area contributed by atoms with Gasteiger partial charge in [0.1, 0.15) is 5.69 Å². The van der Waals surface area contributed by atoms with Crippen molar-refractivity contribution in [3.8, 4) is 11.3 Å². The minimum Gasteiger partial charge on any atom is -0.396 e. The first kappa shape index (κ1) is 14.3. The summed E-state index contributed by atoms with van der Waals surface area (Å²) in [7, 11) is 0. The molecular formula is C15H18N2O3. The minimum atomic E-state index is -0.495. The first-order chi connectivity index (χ1) is 9.52. The molecule has 1 amide bonds. The quantitative estimate of drug-likeness (QED) is 0.876. The molecule has 0 aliphatic rings.